The van der Waals surface area contributed by atoms with Gasteiger partial charge in [-0.25, -0.2) is 8.78 Å². The number of anilines is 1. The molecule has 2 N–H and O–H groups in total. The molecule has 0 bridgehead atoms. The third-order valence-corrected chi connectivity index (χ3v) is 3.21. The van der Waals surface area contributed by atoms with Gasteiger partial charge in [-0.1, -0.05) is 23.7 Å². The first kappa shape index (κ1) is 17.1. The quantitative estimate of drug-likeness (QED) is 0.644. The van der Waals surface area contributed by atoms with Crippen molar-refractivity contribution in [3.8, 4) is 0 Å². The maximum absolute atomic E-state index is 13.0. The molecule has 0 unspecified atom stereocenters. The number of benzene rings is 2. The first-order chi connectivity index (χ1) is 10.9. The number of carbonyl (C=O) groups excluding carboxylic acids is 1. The zero-order valence-electron chi connectivity index (χ0n) is 11.6. The summed E-state index contributed by atoms with van der Waals surface area (Å²) in [5.74, 6) is -1.36. The normalized spacial score (nSPS) is 10.6. The number of hydrogen-bond donors (Lipinski definition) is 2. The first-order valence-corrected chi connectivity index (χ1v) is 7.23. The fraction of sp³-hybridized carbons (Fsp3) is 0. The largest absolute Gasteiger partial charge is 0.332 e. The highest BCUT2D eigenvalue weighted by molar-refractivity contribution is 7.80. The van der Waals surface area contributed by atoms with Crippen LogP contribution in [0.3, 0.4) is 0 Å². The van der Waals surface area contributed by atoms with Gasteiger partial charge in [-0.15, -0.1) is 0 Å². The van der Waals surface area contributed by atoms with Gasteiger partial charge in [0.1, 0.15) is 11.6 Å². The smallest absolute Gasteiger partial charge is 0.250 e. The van der Waals surface area contributed by atoms with Crippen LogP contribution in [0.1, 0.15) is 5.56 Å². The molecule has 0 aromatic heterocycles. The number of halogens is 3. The van der Waals surface area contributed by atoms with E-state index in [0.29, 0.717) is 11.3 Å². The minimum Gasteiger partial charge on any atom is -0.332 e. The highest BCUT2D eigenvalue weighted by Crippen LogP contribution is 2.19. The van der Waals surface area contributed by atoms with Crippen LogP contribution in [-0.4, -0.2) is 11.0 Å². The summed E-state index contributed by atoms with van der Waals surface area (Å²) in [5.41, 5.74) is 1.12. The van der Waals surface area contributed by atoms with Gasteiger partial charge in [0.2, 0.25) is 5.91 Å². The topological polar surface area (TPSA) is 41.1 Å². The average Bonchev–Trinajstić information content (AvgIpc) is 2.50. The van der Waals surface area contributed by atoms with E-state index in [1.807, 2.05) is 0 Å². The van der Waals surface area contributed by atoms with E-state index < -0.39 is 11.7 Å². The molecule has 118 valence electrons. The Bertz CT molecular complexity index is 763. The van der Waals surface area contributed by atoms with Crippen LogP contribution in [0.15, 0.2) is 48.5 Å². The Morgan fingerprint density at radius 1 is 1.13 bits per heavy atom. The molecule has 7 heteroatoms. The van der Waals surface area contributed by atoms with E-state index in [1.54, 1.807) is 0 Å². The lowest BCUT2D eigenvalue weighted by atomic mass is 10.2. The molecule has 1 amide bonds. The fourth-order valence-corrected chi connectivity index (χ4v) is 2.03. The molecule has 0 aliphatic rings. The number of rotatable bonds is 3. The lowest BCUT2D eigenvalue weighted by Gasteiger charge is -2.08. The Balaban J connectivity index is 1.90. The van der Waals surface area contributed by atoms with Gasteiger partial charge >= 0.3 is 0 Å². The second kappa shape index (κ2) is 7.80. The van der Waals surface area contributed by atoms with Crippen molar-refractivity contribution >= 4 is 46.6 Å². The minimum atomic E-state index is -0.547. The van der Waals surface area contributed by atoms with Crippen LogP contribution in [0.2, 0.25) is 5.02 Å². The molecule has 0 heterocycles. The molecule has 0 saturated carbocycles. The molecule has 0 atom stereocenters. The Morgan fingerprint density at radius 3 is 2.48 bits per heavy atom. The Morgan fingerprint density at radius 2 is 1.83 bits per heavy atom. The molecule has 0 saturated heterocycles. The van der Waals surface area contributed by atoms with E-state index in [0.717, 1.165) is 0 Å². The lowest BCUT2D eigenvalue weighted by molar-refractivity contribution is -0.115. The van der Waals surface area contributed by atoms with Crippen molar-refractivity contribution < 1.29 is 13.6 Å². The van der Waals surface area contributed by atoms with E-state index in [-0.39, 0.29) is 16.0 Å². The Hall–Kier alpha value is -2.31. The molecule has 0 aliphatic heterocycles. The van der Waals surface area contributed by atoms with Crippen LogP contribution >= 0.6 is 23.8 Å². The molecule has 2 rings (SSSR count). The minimum absolute atomic E-state index is 0.0430. The highest BCUT2D eigenvalue weighted by atomic mass is 35.5. The molecule has 0 radical (unpaired) electrons. The van der Waals surface area contributed by atoms with Crippen molar-refractivity contribution in [3.63, 3.8) is 0 Å². The Labute approximate surface area is 142 Å². The first-order valence-electron chi connectivity index (χ1n) is 6.45. The summed E-state index contributed by atoms with van der Waals surface area (Å²) in [6.45, 7) is 0. The highest BCUT2D eigenvalue weighted by Gasteiger charge is 2.04. The second-order valence-corrected chi connectivity index (χ2v) is 5.27. The number of thiocarbonyl (C=S) groups is 1. The predicted molar refractivity (Wildman–Crippen MR) is 91.2 cm³/mol. The summed E-state index contributed by atoms with van der Waals surface area (Å²) < 4.78 is 25.8. The van der Waals surface area contributed by atoms with Gasteiger partial charge in [-0.3, -0.25) is 10.1 Å². The van der Waals surface area contributed by atoms with E-state index in [2.05, 4.69) is 10.6 Å². The van der Waals surface area contributed by atoms with Crippen LogP contribution in [-0.2, 0) is 4.79 Å². The summed E-state index contributed by atoms with van der Waals surface area (Å²) >= 11 is 10.6. The maximum atomic E-state index is 13.0. The van der Waals surface area contributed by atoms with Crippen molar-refractivity contribution in [1.29, 1.82) is 0 Å². The molecule has 0 fully saturated rings. The van der Waals surface area contributed by atoms with Gasteiger partial charge in [0, 0.05) is 11.8 Å². The zero-order chi connectivity index (χ0) is 16.8. The number of amides is 1. The van der Waals surface area contributed by atoms with E-state index in [4.69, 9.17) is 23.8 Å². The maximum Gasteiger partial charge on any atom is 0.250 e. The van der Waals surface area contributed by atoms with Crippen molar-refractivity contribution in [1.82, 2.24) is 5.32 Å². The number of hydrogen-bond acceptors (Lipinski definition) is 2. The van der Waals surface area contributed by atoms with Crippen LogP contribution < -0.4 is 10.6 Å². The fourth-order valence-electron chi connectivity index (χ4n) is 1.64. The van der Waals surface area contributed by atoms with Gasteiger partial charge in [0.05, 0.1) is 5.02 Å². The van der Waals surface area contributed by atoms with E-state index in [1.165, 1.54) is 54.6 Å². The molecule has 23 heavy (non-hydrogen) atoms. The van der Waals surface area contributed by atoms with Crippen molar-refractivity contribution in [2.24, 2.45) is 0 Å². The third kappa shape index (κ3) is 5.43. The molecule has 2 aromatic carbocycles. The van der Waals surface area contributed by atoms with Crippen LogP contribution in [0, 0.1) is 11.6 Å². The predicted octanol–water partition coefficient (Wildman–Crippen LogP) is 4.14. The lowest BCUT2D eigenvalue weighted by Crippen LogP contribution is -2.32. The van der Waals surface area contributed by atoms with E-state index >= 15 is 0 Å². The molecule has 0 aliphatic carbocycles. The summed E-state index contributed by atoms with van der Waals surface area (Å²) in [7, 11) is 0. The van der Waals surface area contributed by atoms with Gasteiger partial charge in [-0.05, 0) is 54.2 Å². The molecular weight excluding hydrogens is 342 g/mol. The summed E-state index contributed by atoms with van der Waals surface area (Å²) in [5, 5.41) is 5.13. The second-order valence-electron chi connectivity index (χ2n) is 4.46. The zero-order valence-corrected chi connectivity index (χ0v) is 13.2. The summed E-state index contributed by atoms with van der Waals surface area (Å²) in [6, 6.07) is 9.64. The van der Waals surface area contributed by atoms with Crippen LogP contribution in [0.4, 0.5) is 14.5 Å². The summed E-state index contributed by atoms with van der Waals surface area (Å²) in [4.78, 5) is 11.7. The summed E-state index contributed by atoms with van der Waals surface area (Å²) in [6.07, 6.45) is 2.78. The van der Waals surface area contributed by atoms with E-state index in [9.17, 15) is 13.6 Å². The standard InChI is InChI=1S/C16H11ClF2N2OS/c17-13-9-12(6-7-14(13)19)20-16(23)21-15(22)8-3-10-1-4-11(18)5-2-10/h1-9H,(H2,20,21,22,23). The monoisotopic (exact) mass is 352 g/mol. The average molecular weight is 353 g/mol. The van der Waals surface area contributed by atoms with Crippen LogP contribution in [0.25, 0.3) is 6.08 Å². The van der Waals surface area contributed by atoms with Gasteiger partial charge in [0.15, 0.2) is 5.11 Å². The SMILES string of the molecule is O=C(C=Cc1ccc(F)cc1)NC(=S)Nc1ccc(F)c(Cl)c1. The molecule has 0 spiro atoms. The molecule has 2 aromatic rings. The van der Waals surface area contributed by atoms with Crippen molar-refractivity contribution in [3.05, 3.63) is 70.8 Å². The van der Waals surface area contributed by atoms with Crippen molar-refractivity contribution in [2.75, 3.05) is 5.32 Å². The molecular formula is C16H11ClF2N2OS. The molecule has 3 nitrogen and oxygen atoms in total. The van der Waals surface area contributed by atoms with Gasteiger partial charge in [0.25, 0.3) is 0 Å². The van der Waals surface area contributed by atoms with Crippen molar-refractivity contribution in [2.45, 2.75) is 0 Å². The van der Waals surface area contributed by atoms with Gasteiger partial charge < -0.3 is 5.32 Å². The third-order valence-electron chi connectivity index (χ3n) is 2.71. The number of carbonyl (C=O) groups is 1. The Kier molecular flexibility index (Phi) is 5.78. The number of nitrogens with one attached hydrogen (secondary N) is 2. The van der Waals surface area contributed by atoms with Crippen LogP contribution in [0.5, 0.6) is 0 Å². The van der Waals surface area contributed by atoms with Gasteiger partial charge in [-0.2, -0.15) is 0 Å².